The van der Waals surface area contributed by atoms with Gasteiger partial charge in [0.15, 0.2) is 0 Å². The van der Waals surface area contributed by atoms with Gasteiger partial charge in [0.05, 0.1) is 11.3 Å². The molecule has 7 nitrogen and oxygen atoms in total. The van der Waals surface area contributed by atoms with Crippen molar-refractivity contribution in [3.05, 3.63) is 47.5 Å². The quantitative estimate of drug-likeness (QED) is 0.574. The van der Waals surface area contributed by atoms with E-state index in [-0.39, 0.29) is 41.3 Å². The van der Waals surface area contributed by atoms with Crippen LogP contribution < -0.4 is 5.32 Å². The smallest absolute Gasteiger partial charge is 0.337 e. The van der Waals surface area contributed by atoms with E-state index in [0.717, 1.165) is 6.07 Å². The standard InChI is InChI=1S/C16H15NO6/c18-10-4-5-12(16(22)23)13(7-10)17-15(21)6-2-9-1-3-11(19)8-14(9)20/h1,3-5,7-8,18-20H,2,6H2,(H,17,21)(H,22,23). The molecular weight excluding hydrogens is 302 g/mol. The van der Waals surface area contributed by atoms with Crippen LogP contribution in [0.15, 0.2) is 36.4 Å². The van der Waals surface area contributed by atoms with Crippen LogP contribution in [0, 0.1) is 0 Å². The van der Waals surface area contributed by atoms with Gasteiger partial charge in [-0.1, -0.05) is 6.07 Å². The molecule has 0 fully saturated rings. The number of hydrogen-bond acceptors (Lipinski definition) is 5. The summed E-state index contributed by atoms with van der Waals surface area (Å²) in [6.07, 6.45) is 0.201. The Morgan fingerprint density at radius 2 is 1.61 bits per heavy atom. The van der Waals surface area contributed by atoms with Crippen LogP contribution in [0.2, 0.25) is 0 Å². The van der Waals surface area contributed by atoms with Crippen LogP contribution in [0.1, 0.15) is 22.3 Å². The van der Waals surface area contributed by atoms with Gasteiger partial charge >= 0.3 is 5.97 Å². The molecule has 2 aromatic rings. The number of carbonyl (C=O) groups excluding carboxylic acids is 1. The predicted octanol–water partition coefficient (Wildman–Crippen LogP) is 2.07. The summed E-state index contributed by atoms with van der Waals surface area (Å²) in [5.74, 6) is -2.06. The van der Waals surface area contributed by atoms with Crippen molar-refractivity contribution in [2.45, 2.75) is 12.8 Å². The Morgan fingerprint density at radius 3 is 2.26 bits per heavy atom. The highest BCUT2D eigenvalue weighted by atomic mass is 16.4. The summed E-state index contributed by atoms with van der Waals surface area (Å²) in [5, 5.41) is 39.7. The normalized spacial score (nSPS) is 10.3. The summed E-state index contributed by atoms with van der Waals surface area (Å²) in [4.78, 5) is 23.0. The van der Waals surface area contributed by atoms with Crippen LogP contribution >= 0.6 is 0 Å². The molecule has 2 rings (SSSR count). The molecule has 0 aliphatic heterocycles. The van der Waals surface area contributed by atoms with Gasteiger partial charge in [-0.3, -0.25) is 4.79 Å². The Labute approximate surface area is 131 Å². The van der Waals surface area contributed by atoms with Crippen LogP contribution in [0.25, 0.3) is 0 Å². The first-order chi connectivity index (χ1) is 10.9. The lowest BCUT2D eigenvalue weighted by molar-refractivity contribution is -0.116. The molecule has 120 valence electrons. The van der Waals surface area contributed by atoms with E-state index in [0.29, 0.717) is 5.56 Å². The molecular formula is C16H15NO6. The molecule has 0 spiro atoms. The molecule has 0 saturated carbocycles. The first kappa shape index (κ1) is 16.2. The zero-order valence-corrected chi connectivity index (χ0v) is 12.0. The summed E-state index contributed by atoms with van der Waals surface area (Å²) >= 11 is 0. The highest BCUT2D eigenvalue weighted by Crippen LogP contribution is 2.25. The van der Waals surface area contributed by atoms with Crippen molar-refractivity contribution in [3.8, 4) is 17.2 Å². The molecule has 0 radical (unpaired) electrons. The van der Waals surface area contributed by atoms with Gasteiger partial charge in [0.25, 0.3) is 0 Å². The monoisotopic (exact) mass is 317 g/mol. The number of nitrogens with one attached hydrogen (secondary N) is 1. The van der Waals surface area contributed by atoms with Gasteiger partial charge in [0.2, 0.25) is 5.91 Å². The van der Waals surface area contributed by atoms with Crippen molar-refractivity contribution in [2.75, 3.05) is 5.32 Å². The maximum atomic E-state index is 11.9. The van der Waals surface area contributed by atoms with E-state index in [2.05, 4.69) is 5.32 Å². The van der Waals surface area contributed by atoms with Gasteiger partial charge in [0, 0.05) is 18.6 Å². The van der Waals surface area contributed by atoms with E-state index in [9.17, 15) is 24.9 Å². The van der Waals surface area contributed by atoms with Gasteiger partial charge in [-0.15, -0.1) is 0 Å². The summed E-state index contributed by atoms with van der Waals surface area (Å²) in [7, 11) is 0. The average Bonchev–Trinajstić information content (AvgIpc) is 2.46. The molecule has 0 aliphatic rings. The third-order valence-corrected chi connectivity index (χ3v) is 3.20. The number of phenols is 3. The highest BCUT2D eigenvalue weighted by molar-refractivity contribution is 6.00. The van der Waals surface area contributed by atoms with Crippen LogP contribution in [-0.2, 0) is 11.2 Å². The molecule has 0 heterocycles. The van der Waals surface area contributed by atoms with Gasteiger partial charge in [-0.05, 0) is 30.2 Å². The molecule has 0 bridgehead atoms. The Bertz CT molecular complexity index is 756. The molecule has 0 saturated heterocycles. The minimum atomic E-state index is -1.23. The zero-order chi connectivity index (χ0) is 17.0. The van der Waals surface area contributed by atoms with Crippen molar-refractivity contribution in [1.29, 1.82) is 0 Å². The van der Waals surface area contributed by atoms with Crippen molar-refractivity contribution in [1.82, 2.24) is 0 Å². The van der Waals surface area contributed by atoms with Gasteiger partial charge in [0.1, 0.15) is 17.2 Å². The third-order valence-electron chi connectivity index (χ3n) is 3.20. The van der Waals surface area contributed by atoms with Crippen LogP contribution in [0.3, 0.4) is 0 Å². The molecule has 0 unspecified atom stereocenters. The SMILES string of the molecule is O=C(CCc1ccc(O)cc1O)Nc1cc(O)ccc1C(=O)O. The number of rotatable bonds is 5. The minimum absolute atomic E-state index is 0.00238. The van der Waals surface area contributed by atoms with Gasteiger partial charge < -0.3 is 25.7 Å². The molecule has 0 atom stereocenters. The van der Waals surface area contributed by atoms with Crippen molar-refractivity contribution in [2.24, 2.45) is 0 Å². The first-order valence-electron chi connectivity index (χ1n) is 6.74. The number of benzene rings is 2. The number of aryl methyl sites for hydroxylation is 1. The molecule has 23 heavy (non-hydrogen) atoms. The Balaban J connectivity index is 2.05. The Morgan fingerprint density at radius 1 is 0.957 bits per heavy atom. The second-order valence-corrected chi connectivity index (χ2v) is 4.90. The van der Waals surface area contributed by atoms with Gasteiger partial charge in [-0.25, -0.2) is 4.79 Å². The first-order valence-corrected chi connectivity index (χ1v) is 6.74. The molecule has 0 aromatic heterocycles. The molecule has 2 aromatic carbocycles. The third kappa shape index (κ3) is 4.13. The van der Waals surface area contributed by atoms with Crippen LogP contribution in [-0.4, -0.2) is 32.3 Å². The summed E-state index contributed by atoms with van der Waals surface area (Å²) < 4.78 is 0. The molecule has 7 heteroatoms. The number of amides is 1. The van der Waals surface area contributed by atoms with E-state index in [1.165, 1.54) is 30.3 Å². The second kappa shape index (κ2) is 6.69. The fourth-order valence-corrected chi connectivity index (χ4v) is 2.05. The topological polar surface area (TPSA) is 127 Å². The lowest BCUT2D eigenvalue weighted by atomic mass is 10.1. The van der Waals surface area contributed by atoms with Crippen molar-refractivity contribution in [3.63, 3.8) is 0 Å². The average molecular weight is 317 g/mol. The molecule has 5 N–H and O–H groups in total. The number of anilines is 1. The maximum Gasteiger partial charge on any atom is 0.337 e. The van der Waals surface area contributed by atoms with Crippen molar-refractivity contribution >= 4 is 17.6 Å². The molecule has 0 aliphatic carbocycles. The highest BCUT2D eigenvalue weighted by Gasteiger charge is 2.14. The van der Waals surface area contributed by atoms with Crippen LogP contribution in [0.4, 0.5) is 5.69 Å². The van der Waals surface area contributed by atoms with Crippen molar-refractivity contribution < 1.29 is 30.0 Å². The van der Waals surface area contributed by atoms with Crippen LogP contribution in [0.5, 0.6) is 17.2 Å². The number of carboxylic acid groups (broad SMARTS) is 1. The zero-order valence-electron chi connectivity index (χ0n) is 12.0. The van der Waals surface area contributed by atoms with E-state index in [1.807, 2.05) is 0 Å². The summed E-state index contributed by atoms with van der Waals surface area (Å²) in [6.45, 7) is 0. The van der Waals surface area contributed by atoms with E-state index < -0.39 is 11.9 Å². The number of aromatic carboxylic acids is 1. The van der Waals surface area contributed by atoms with E-state index in [4.69, 9.17) is 5.11 Å². The largest absolute Gasteiger partial charge is 0.508 e. The fourth-order valence-electron chi connectivity index (χ4n) is 2.05. The number of aromatic hydroxyl groups is 3. The van der Waals surface area contributed by atoms with E-state index in [1.54, 1.807) is 0 Å². The summed E-state index contributed by atoms with van der Waals surface area (Å²) in [6, 6.07) is 7.62. The number of carbonyl (C=O) groups is 2. The lowest BCUT2D eigenvalue weighted by Gasteiger charge is -2.09. The Hall–Kier alpha value is -3.22. The molecule has 1 amide bonds. The van der Waals surface area contributed by atoms with E-state index >= 15 is 0 Å². The number of hydrogen-bond donors (Lipinski definition) is 5. The number of carboxylic acids is 1. The Kier molecular flexibility index (Phi) is 4.70. The minimum Gasteiger partial charge on any atom is -0.508 e. The summed E-state index contributed by atoms with van der Waals surface area (Å²) in [5.41, 5.74) is 0.341. The predicted molar refractivity (Wildman–Crippen MR) is 81.8 cm³/mol. The second-order valence-electron chi connectivity index (χ2n) is 4.90. The number of phenolic OH excluding ortho intramolecular Hbond substituents is 3. The fraction of sp³-hybridized carbons (Fsp3) is 0.125. The maximum absolute atomic E-state index is 11.9. The lowest BCUT2D eigenvalue weighted by Crippen LogP contribution is -2.15. The van der Waals surface area contributed by atoms with Gasteiger partial charge in [-0.2, -0.15) is 0 Å².